The van der Waals surface area contributed by atoms with Gasteiger partial charge in [-0.3, -0.25) is 0 Å². The van der Waals surface area contributed by atoms with E-state index in [9.17, 15) is 0 Å². The van der Waals surface area contributed by atoms with Crippen LogP contribution in [0.1, 0.15) is 12.8 Å². The molecule has 0 aliphatic carbocycles. The first-order chi connectivity index (χ1) is 6.86. The second-order valence-electron chi connectivity index (χ2n) is 3.19. The molecular weight excluding hydrogens is 198 g/mol. The number of thioether (sulfide) groups is 1. The van der Waals surface area contributed by atoms with Crippen molar-refractivity contribution in [3.05, 3.63) is 12.4 Å². The van der Waals surface area contributed by atoms with Gasteiger partial charge in [-0.2, -0.15) is 0 Å². The summed E-state index contributed by atoms with van der Waals surface area (Å²) in [5, 5.41) is 0.808. The molecule has 1 aliphatic rings. The maximum Gasteiger partial charge on any atom is 0.156 e. The Morgan fingerprint density at radius 3 is 3.07 bits per heavy atom. The lowest BCUT2D eigenvalue weighted by Crippen LogP contribution is -2.08. The van der Waals surface area contributed by atoms with Gasteiger partial charge in [-0.1, -0.05) is 11.8 Å². The molecule has 0 saturated carbocycles. The zero-order valence-electron chi connectivity index (χ0n) is 7.85. The van der Waals surface area contributed by atoms with Gasteiger partial charge in [-0.25, -0.2) is 9.97 Å². The first-order valence-corrected chi connectivity index (χ1v) is 5.65. The van der Waals surface area contributed by atoms with Gasteiger partial charge in [-0.05, 0) is 12.8 Å². The number of ether oxygens (including phenoxy) is 1. The van der Waals surface area contributed by atoms with E-state index in [1.807, 2.05) is 0 Å². The summed E-state index contributed by atoms with van der Waals surface area (Å²) in [6, 6.07) is 0. The van der Waals surface area contributed by atoms with Crippen molar-refractivity contribution in [2.75, 3.05) is 18.1 Å². The van der Waals surface area contributed by atoms with E-state index in [-0.39, 0.29) is 0 Å². The second kappa shape index (κ2) is 4.61. The summed E-state index contributed by atoms with van der Waals surface area (Å²) in [5.41, 5.74) is 5.67. The lowest BCUT2D eigenvalue weighted by Gasteiger charge is -2.08. The second-order valence-corrected chi connectivity index (χ2v) is 4.20. The highest BCUT2D eigenvalue weighted by Crippen LogP contribution is 2.24. The SMILES string of the molecule is Nc1nccnc1SC[C@H]1CCCO1. The molecule has 0 spiro atoms. The topological polar surface area (TPSA) is 61.0 Å². The summed E-state index contributed by atoms with van der Waals surface area (Å²) in [5.74, 6) is 1.43. The average Bonchev–Trinajstić information content (AvgIpc) is 2.69. The predicted molar refractivity (Wildman–Crippen MR) is 56.1 cm³/mol. The zero-order valence-corrected chi connectivity index (χ0v) is 8.67. The molecule has 1 atom stereocenters. The molecule has 0 bridgehead atoms. The zero-order chi connectivity index (χ0) is 9.80. The van der Waals surface area contributed by atoms with E-state index in [2.05, 4.69) is 9.97 Å². The number of rotatable bonds is 3. The minimum Gasteiger partial charge on any atom is -0.381 e. The maximum atomic E-state index is 5.67. The molecule has 2 heterocycles. The largest absolute Gasteiger partial charge is 0.381 e. The van der Waals surface area contributed by atoms with Crippen LogP contribution in [0.2, 0.25) is 0 Å². The summed E-state index contributed by atoms with van der Waals surface area (Å²) >= 11 is 1.62. The maximum absolute atomic E-state index is 5.67. The Kier molecular flexibility index (Phi) is 3.21. The smallest absolute Gasteiger partial charge is 0.156 e. The molecule has 5 heteroatoms. The van der Waals surface area contributed by atoms with Crippen molar-refractivity contribution in [3.8, 4) is 0 Å². The van der Waals surface area contributed by atoms with Crippen LogP contribution in [0.3, 0.4) is 0 Å². The van der Waals surface area contributed by atoms with Crippen LogP contribution in [0.4, 0.5) is 5.82 Å². The molecule has 1 aliphatic heterocycles. The standard InChI is InChI=1S/C9H13N3OS/c10-8-9(12-4-3-11-8)14-6-7-2-1-5-13-7/h3-4,7H,1-2,5-6H2,(H2,10,11)/t7-/m1/s1. The Balaban J connectivity index is 1.88. The van der Waals surface area contributed by atoms with Crippen molar-refractivity contribution < 1.29 is 4.74 Å². The van der Waals surface area contributed by atoms with Crippen LogP contribution in [0, 0.1) is 0 Å². The third kappa shape index (κ3) is 2.36. The highest BCUT2D eigenvalue weighted by atomic mass is 32.2. The van der Waals surface area contributed by atoms with Crippen LogP contribution in [0.25, 0.3) is 0 Å². The van der Waals surface area contributed by atoms with Gasteiger partial charge in [0, 0.05) is 24.8 Å². The molecular formula is C9H13N3OS. The fraction of sp³-hybridized carbons (Fsp3) is 0.556. The highest BCUT2D eigenvalue weighted by molar-refractivity contribution is 7.99. The van der Waals surface area contributed by atoms with Crippen molar-refractivity contribution >= 4 is 17.6 Å². The lowest BCUT2D eigenvalue weighted by atomic mass is 10.3. The average molecular weight is 211 g/mol. The van der Waals surface area contributed by atoms with Gasteiger partial charge in [0.05, 0.1) is 6.10 Å². The Bertz CT molecular complexity index is 302. The van der Waals surface area contributed by atoms with Crippen molar-refractivity contribution in [1.82, 2.24) is 9.97 Å². The van der Waals surface area contributed by atoms with Crippen molar-refractivity contribution in [2.24, 2.45) is 0 Å². The number of aromatic nitrogens is 2. The molecule has 0 radical (unpaired) electrons. The Hall–Kier alpha value is -0.810. The van der Waals surface area contributed by atoms with Gasteiger partial charge in [0.1, 0.15) is 5.03 Å². The molecule has 2 N–H and O–H groups in total. The quantitative estimate of drug-likeness (QED) is 0.764. The summed E-state index contributed by atoms with van der Waals surface area (Å²) in [6.45, 7) is 0.890. The number of anilines is 1. The molecule has 2 rings (SSSR count). The van der Waals surface area contributed by atoms with Gasteiger partial charge >= 0.3 is 0 Å². The third-order valence-electron chi connectivity index (χ3n) is 2.12. The van der Waals surface area contributed by atoms with Crippen LogP contribution in [0.5, 0.6) is 0 Å². The van der Waals surface area contributed by atoms with Crippen molar-refractivity contribution in [1.29, 1.82) is 0 Å². The summed E-state index contributed by atoms with van der Waals surface area (Å²) in [4.78, 5) is 8.14. The van der Waals surface area contributed by atoms with Gasteiger partial charge in [0.2, 0.25) is 0 Å². The molecule has 76 valence electrons. The Morgan fingerprint density at radius 2 is 2.36 bits per heavy atom. The Morgan fingerprint density at radius 1 is 1.50 bits per heavy atom. The van der Waals surface area contributed by atoms with Crippen molar-refractivity contribution in [2.45, 2.75) is 24.0 Å². The Labute approximate surface area is 87.3 Å². The first-order valence-electron chi connectivity index (χ1n) is 4.67. The number of nitrogens with zero attached hydrogens (tertiary/aromatic N) is 2. The number of hydrogen-bond donors (Lipinski definition) is 1. The van der Waals surface area contributed by atoms with Crippen LogP contribution in [-0.4, -0.2) is 28.4 Å². The first kappa shape index (κ1) is 9.73. The van der Waals surface area contributed by atoms with Crippen LogP contribution in [-0.2, 0) is 4.74 Å². The molecule has 0 aromatic carbocycles. The van der Waals surface area contributed by atoms with E-state index in [4.69, 9.17) is 10.5 Å². The third-order valence-corrected chi connectivity index (χ3v) is 3.25. The molecule has 1 fully saturated rings. The van der Waals surface area contributed by atoms with Gasteiger partial charge < -0.3 is 10.5 Å². The van der Waals surface area contributed by atoms with Crippen LogP contribution in [0.15, 0.2) is 17.4 Å². The number of nitrogen functional groups attached to an aromatic ring is 1. The summed E-state index contributed by atoms with van der Waals surface area (Å²) in [7, 11) is 0. The van der Waals surface area contributed by atoms with E-state index in [1.54, 1.807) is 24.2 Å². The predicted octanol–water partition coefficient (Wildman–Crippen LogP) is 1.33. The normalized spacial score (nSPS) is 21.3. The number of hydrogen-bond acceptors (Lipinski definition) is 5. The van der Waals surface area contributed by atoms with Crippen LogP contribution >= 0.6 is 11.8 Å². The van der Waals surface area contributed by atoms with E-state index < -0.39 is 0 Å². The van der Waals surface area contributed by atoms with E-state index in [1.165, 1.54) is 6.42 Å². The molecule has 0 unspecified atom stereocenters. The van der Waals surface area contributed by atoms with E-state index in [0.29, 0.717) is 11.9 Å². The summed E-state index contributed by atoms with van der Waals surface area (Å²) < 4.78 is 5.50. The molecule has 1 aromatic heterocycles. The van der Waals surface area contributed by atoms with E-state index in [0.717, 1.165) is 23.8 Å². The monoisotopic (exact) mass is 211 g/mol. The molecule has 4 nitrogen and oxygen atoms in total. The van der Waals surface area contributed by atoms with Crippen molar-refractivity contribution in [3.63, 3.8) is 0 Å². The van der Waals surface area contributed by atoms with Gasteiger partial charge in [0.15, 0.2) is 5.82 Å². The molecule has 14 heavy (non-hydrogen) atoms. The fourth-order valence-corrected chi connectivity index (χ4v) is 2.34. The molecule has 1 aromatic rings. The highest BCUT2D eigenvalue weighted by Gasteiger charge is 2.16. The molecule has 1 saturated heterocycles. The van der Waals surface area contributed by atoms with Gasteiger partial charge in [-0.15, -0.1) is 0 Å². The minimum absolute atomic E-state index is 0.362. The minimum atomic E-state index is 0.362. The van der Waals surface area contributed by atoms with Crippen LogP contribution < -0.4 is 5.73 Å². The molecule has 0 amide bonds. The number of nitrogens with two attached hydrogens (primary N) is 1. The lowest BCUT2D eigenvalue weighted by molar-refractivity contribution is 0.129. The fourth-order valence-electron chi connectivity index (χ4n) is 1.39. The summed E-state index contributed by atoms with van der Waals surface area (Å²) in [6.07, 6.45) is 5.94. The van der Waals surface area contributed by atoms with Gasteiger partial charge in [0.25, 0.3) is 0 Å². The van der Waals surface area contributed by atoms with E-state index >= 15 is 0 Å².